The molecule has 4 atom stereocenters. The highest BCUT2D eigenvalue weighted by Gasteiger charge is 2.30. The van der Waals surface area contributed by atoms with Crippen molar-refractivity contribution in [3.05, 3.63) is 29.3 Å². The monoisotopic (exact) mass is 261 g/mol. The van der Waals surface area contributed by atoms with Gasteiger partial charge in [0.1, 0.15) is 5.75 Å². The van der Waals surface area contributed by atoms with Crippen LogP contribution in [0.1, 0.15) is 50.8 Å². The predicted octanol–water partition coefficient (Wildman–Crippen LogP) is 4.09. The Morgan fingerprint density at radius 2 is 2.00 bits per heavy atom. The van der Waals surface area contributed by atoms with E-state index in [4.69, 9.17) is 4.74 Å². The van der Waals surface area contributed by atoms with Crippen LogP contribution >= 0.6 is 0 Å². The molecule has 2 nitrogen and oxygen atoms in total. The maximum Gasteiger partial charge on any atom is 0.123 e. The van der Waals surface area contributed by atoms with Gasteiger partial charge in [0.05, 0.1) is 7.11 Å². The lowest BCUT2D eigenvalue weighted by molar-refractivity contribution is 0.340. The zero-order chi connectivity index (χ0) is 14.0. The maximum atomic E-state index is 5.52. The molecule has 1 aromatic rings. The topological polar surface area (TPSA) is 21.3 Å². The Morgan fingerprint density at radius 1 is 1.26 bits per heavy atom. The molecule has 1 aromatic carbocycles. The highest BCUT2D eigenvalue weighted by Crippen LogP contribution is 2.34. The molecule has 19 heavy (non-hydrogen) atoms. The van der Waals surface area contributed by atoms with Gasteiger partial charge in [-0.15, -0.1) is 0 Å². The number of hydrogen-bond donors (Lipinski definition) is 1. The van der Waals surface area contributed by atoms with E-state index in [0.29, 0.717) is 12.1 Å². The van der Waals surface area contributed by atoms with Gasteiger partial charge >= 0.3 is 0 Å². The summed E-state index contributed by atoms with van der Waals surface area (Å²) in [5, 5.41) is 3.79. The van der Waals surface area contributed by atoms with Crippen molar-refractivity contribution in [3.63, 3.8) is 0 Å². The minimum atomic E-state index is 0.341. The summed E-state index contributed by atoms with van der Waals surface area (Å²) >= 11 is 0. The zero-order valence-corrected chi connectivity index (χ0v) is 12.9. The number of hydrogen-bond acceptors (Lipinski definition) is 2. The summed E-state index contributed by atoms with van der Waals surface area (Å²) in [5.41, 5.74) is 2.51. The first kappa shape index (κ1) is 14.4. The second kappa shape index (κ2) is 5.96. The standard InChI is InChI=1S/C17H27NO/c1-11-6-8-15(17(10-11)19-5)14(4)18-16-9-7-12(2)13(16)3/h6,8,10,12-14,16,18H,7,9H2,1-5H3. The summed E-state index contributed by atoms with van der Waals surface area (Å²) in [4.78, 5) is 0. The van der Waals surface area contributed by atoms with E-state index in [1.807, 2.05) is 0 Å². The van der Waals surface area contributed by atoms with Gasteiger partial charge < -0.3 is 10.1 Å². The SMILES string of the molecule is COc1cc(C)ccc1C(C)NC1CCC(C)C1C. The van der Waals surface area contributed by atoms with Crippen LogP contribution in [0.4, 0.5) is 0 Å². The van der Waals surface area contributed by atoms with Gasteiger partial charge in [0.25, 0.3) is 0 Å². The normalized spacial score (nSPS) is 28.4. The Labute approximate surface area is 117 Å². The van der Waals surface area contributed by atoms with Gasteiger partial charge in [0.15, 0.2) is 0 Å². The molecule has 2 rings (SSSR count). The van der Waals surface area contributed by atoms with Crippen LogP contribution in [0.3, 0.4) is 0 Å². The van der Waals surface area contributed by atoms with E-state index in [1.54, 1.807) is 7.11 Å². The molecule has 0 aromatic heterocycles. The van der Waals surface area contributed by atoms with Crippen LogP contribution in [0.15, 0.2) is 18.2 Å². The summed E-state index contributed by atoms with van der Waals surface area (Å²) < 4.78 is 5.52. The predicted molar refractivity (Wildman–Crippen MR) is 80.6 cm³/mol. The molecule has 0 radical (unpaired) electrons. The van der Waals surface area contributed by atoms with Gasteiger partial charge in [-0.25, -0.2) is 0 Å². The van der Waals surface area contributed by atoms with Crippen molar-refractivity contribution in [1.29, 1.82) is 0 Å². The van der Waals surface area contributed by atoms with E-state index in [9.17, 15) is 0 Å². The fraction of sp³-hybridized carbons (Fsp3) is 0.647. The van der Waals surface area contributed by atoms with Crippen LogP contribution < -0.4 is 10.1 Å². The van der Waals surface area contributed by atoms with Crippen molar-refractivity contribution >= 4 is 0 Å². The number of rotatable bonds is 4. The molecule has 1 fully saturated rings. The van der Waals surface area contributed by atoms with Crippen molar-refractivity contribution in [2.75, 3.05) is 7.11 Å². The molecule has 1 saturated carbocycles. The molecule has 1 aliphatic carbocycles. The van der Waals surface area contributed by atoms with Crippen LogP contribution in [0.2, 0.25) is 0 Å². The molecular weight excluding hydrogens is 234 g/mol. The van der Waals surface area contributed by atoms with Gasteiger partial charge in [-0.3, -0.25) is 0 Å². The first-order valence-electron chi connectivity index (χ1n) is 7.43. The van der Waals surface area contributed by atoms with E-state index < -0.39 is 0 Å². The van der Waals surface area contributed by atoms with Crippen LogP contribution in [-0.2, 0) is 0 Å². The molecule has 4 unspecified atom stereocenters. The number of benzene rings is 1. The third-order valence-electron chi connectivity index (χ3n) is 4.78. The second-order valence-electron chi connectivity index (χ2n) is 6.15. The van der Waals surface area contributed by atoms with Crippen molar-refractivity contribution < 1.29 is 4.74 Å². The first-order valence-corrected chi connectivity index (χ1v) is 7.43. The van der Waals surface area contributed by atoms with E-state index in [2.05, 4.69) is 51.2 Å². The molecule has 1 aliphatic rings. The van der Waals surface area contributed by atoms with Crippen molar-refractivity contribution in [1.82, 2.24) is 5.32 Å². The molecule has 0 saturated heterocycles. The average Bonchev–Trinajstić information content (AvgIpc) is 2.70. The summed E-state index contributed by atoms with van der Waals surface area (Å²) in [6, 6.07) is 7.45. The zero-order valence-electron chi connectivity index (χ0n) is 12.9. The van der Waals surface area contributed by atoms with E-state index in [-0.39, 0.29) is 0 Å². The Balaban J connectivity index is 2.09. The van der Waals surface area contributed by atoms with Gasteiger partial charge in [0.2, 0.25) is 0 Å². The van der Waals surface area contributed by atoms with Gasteiger partial charge in [-0.05, 0) is 50.2 Å². The van der Waals surface area contributed by atoms with Crippen LogP contribution in [0.25, 0.3) is 0 Å². The molecule has 0 aliphatic heterocycles. The molecule has 106 valence electrons. The number of methoxy groups -OCH3 is 1. The van der Waals surface area contributed by atoms with Gasteiger partial charge in [0, 0.05) is 17.6 Å². The quantitative estimate of drug-likeness (QED) is 0.881. The summed E-state index contributed by atoms with van der Waals surface area (Å²) in [6.45, 7) is 9.08. The van der Waals surface area contributed by atoms with E-state index in [0.717, 1.165) is 17.6 Å². The summed E-state index contributed by atoms with van der Waals surface area (Å²) in [7, 11) is 1.76. The molecule has 0 bridgehead atoms. The minimum Gasteiger partial charge on any atom is -0.496 e. The van der Waals surface area contributed by atoms with Crippen molar-refractivity contribution in [2.45, 2.75) is 52.6 Å². The number of nitrogens with one attached hydrogen (secondary N) is 1. The third-order valence-corrected chi connectivity index (χ3v) is 4.78. The molecule has 1 N–H and O–H groups in total. The lowest BCUT2D eigenvalue weighted by Crippen LogP contribution is -2.34. The molecule has 0 spiro atoms. The highest BCUT2D eigenvalue weighted by molar-refractivity contribution is 5.39. The second-order valence-corrected chi connectivity index (χ2v) is 6.15. The Kier molecular flexibility index (Phi) is 4.51. The molecule has 2 heteroatoms. The lowest BCUT2D eigenvalue weighted by Gasteiger charge is -2.25. The number of aryl methyl sites for hydroxylation is 1. The third kappa shape index (κ3) is 3.11. The van der Waals surface area contributed by atoms with Crippen molar-refractivity contribution in [3.8, 4) is 5.75 Å². The molecular formula is C17H27NO. The lowest BCUT2D eigenvalue weighted by atomic mass is 9.96. The Bertz CT molecular complexity index is 429. The minimum absolute atomic E-state index is 0.341. The summed E-state index contributed by atoms with van der Waals surface area (Å²) in [6.07, 6.45) is 2.64. The average molecular weight is 261 g/mol. The van der Waals surface area contributed by atoms with Crippen molar-refractivity contribution in [2.24, 2.45) is 11.8 Å². The fourth-order valence-corrected chi connectivity index (χ4v) is 3.19. The highest BCUT2D eigenvalue weighted by atomic mass is 16.5. The largest absolute Gasteiger partial charge is 0.496 e. The first-order chi connectivity index (χ1) is 9.02. The molecule has 0 heterocycles. The number of ether oxygens (including phenoxy) is 1. The van der Waals surface area contributed by atoms with Crippen LogP contribution in [-0.4, -0.2) is 13.2 Å². The van der Waals surface area contributed by atoms with Crippen LogP contribution in [0.5, 0.6) is 5.75 Å². The molecule has 0 amide bonds. The maximum absolute atomic E-state index is 5.52. The Morgan fingerprint density at radius 3 is 2.58 bits per heavy atom. The van der Waals surface area contributed by atoms with Gasteiger partial charge in [-0.1, -0.05) is 26.0 Å². The Hall–Kier alpha value is -1.02. The van der Waals surface area contributed by atoms with E-state index in [1.165, 1.54) is 24.0 Å². The van der Waals surface area contributed by atoms with E-state index >= 15 is 0 Å². The van der Waals surface area contributed by atoms with Gasteiger partial charge in [-0.2, -0.15) is 0 Å². The van der Waals surface area contributed by atoms with Crippen LogP contribution in [0, 0.1) is 18.8 Å². The summed E-state index contributed by atoms with van der Waals surface area (Å²) in [5.74, 6) is 2.60. The fourth-order valence-electron chi connectivity index (χ4n) is 3.19. The smallest absolute Gasteiger partial charge is 0.123 e.